The van der Waals surface area contributed by atoms with Gasteiger partial charge in [0.2, 0.25) is 0 Å². The molecule has 1 aromatic heterocycles. The Morgan fingerprint density at radius 2 is 2.19 bits per heavy atom. The minimum Gasteiger partial charge on any atom is -0.381 e. The summed E-state index contributed by atoms with van der Waals surface area (Å²) in [6, 6.07) is 1.91. The molecule has 0 spiro atoms. The predicted molar refractivity (Wildman–Crippen MR) is 66.5 cm³/mol. The van der Waals surface area contributed by atoms with E-state index in [0.29, 0.717) is 5.92 Å². The highest BCUT2D eigenvalue weighted by atomic mass is 79.9. The van der Waals surface area contributed by atoms with E-state index in [4.69, 9.17) is 4.74 Å². The number of hydrogen-bond donors (Lipinski definition) is 1. The van der Waals surface area contributed by atoms with Gasteiger partial charge in [0.05, 0.1) is 0 Å². The zero-order valence-corrected chi connectivity index (χ0v) is 11.0. The van der Waals surface area contributed by atoms with Crippen LogP contribution in [-0.4, -0.2) is 29.7 Å². The van der Waals surface area contributed by atoms with E-state index in [0.717, 1.165) is 48.8 Å². The molecule has 0 atom stereocenters. The highest BCUT2D eigenvalue weighted by Gasteiger charge is 2.13. The number of nitrogens with zero attached hydrogens (tertiary/aromatic N) is 2. The molecule has 0 saturated carbocycles. The molecule has 0 amide bonds. The third kappa shape index (κ3) is 3.42. The van der Waals surface area contributed by atoms with Crippen molar-refractivity contribution in [1.29, 1.82) is 0 Å². The summed E-state index contributed by atoms with van der Waals surface area (Å²) in [5.41, 5.74) is 0. The van der Waals surface area contributed by atoms with E-state index in [-0.39, 0.29) is 0 Å². The Hall–Kier alpha value is -0.680. The van der Waals surface area contributed by atoms with Gasteiger partial charge in [0.1, 0.15) is 16.2 Å². The van der Waals surface area contributed by atoms with E-state index < -0.39 is 0 Å². The molecule has 16 heavy (non-hydrogen) atoms. The maximum atomic E-state index is 5.33. The fourth-order valence-corrected chi connectivity index (χ4v) is 2.29. The van der Waals surface area contributed by atoms with Crippen LogP contribution in [0.1, 0.15) is 18.7 Å². The quantitative estimate of drug-likeness (QED) is 0.867. The summed E-state index contributed by atoms with van der Waals surface area (Å²) in [6.45, 7) is 4.63. The molecule has 5 heteroatoms. The molecule has 2 rings (SSSR count). The number of halogens is 1. The molecule has 0 aromatic carbocycles. The number of hydrogen-bond acceptors (Lipinski definition) is 4. The standard InChI is InChI=1S/C11H16BrN3O/c1-8-14-10(12)6-11(15-8)13-7-9-2-4-16-5-3-9/h6,9H,2-5,7H2,1H3,(H,13,14,15). The predicted octanol–water partition coefficient (Wildman–Crippen LogP) is 2.39. The number of anilines is 1. The Kier molecular flexibility index (Phi) is 4.12. The fourth-order valence-electron chi connectivity index (χ4n) is 1.82. The molecule has 0 radical (unpaired) electrons. The lowest BCUT2D eigenvalue weighted by Crippen LogP contribution is -2.23. The molecule has 2 heterocycles. The Bertz CT molecular complexity index is 333. The first kappa shape index (κ1) is 11.8. The van der Waals surface area contributed by atoms with Crippen LogP contribution in [0.5, 0.6) is 0 Å². The minimum absolute atomic E-state index is 0.697. The average Bonchev–Trinajstić information content (AvgIpc) is 2.27. The maximum Gasteiger partial charge on any atom is 0.130 e. The van der Waals surface area contributed by atoms with E-state index >= 15 is 0 Å². The number of nitrogens with one attached hydrogen (secondary N) is 1. The van der Waals surface area contributed by atoms with Crippen LogP contribution >= 0.6 is 15.9 Å². The second kappa shape index (κ2) is 5.59. The zero-order chi connectivity index (χ0) is 11.4. The maximum absolute atomic E-state index is 5.33. The largest absolute Gasteiger partial charge is 0.381 e. The third-order valence-corrected chi connectivity index (χ3v) is 3.13. The van der Waals surface area contributed by atoms with E-state index in [9.17, 15) is 0 Å². The van der Waals surface area contributed by atoms with Crippen LogP contribution in [0.25, 0.3) is 0 Å². The van der Waals surface area contributed by atoms with Gasteiger partial charge in [-0.25, -0.2) is 9.97 Å². The van der Waals surface area contributed by atoms with Gasteiger partial charge in [-0.1, -0.05) is 0 Å². The van der Waals surface area contributed by atoms with Gasteiger partial charge in [-0.15, -0.1) is 0 Å². The first-order valence-electron chi connectivity index (χ1n) is 5.57. The van der Waals surface area contributed by atoms with Crippen LogP contribution in [0.2, 0.25) is 0 Å². The van der Waals surface area contributed by atoms with Crippen LogP contribution in [0.3, 0.4) is 0 Å². The van der Waals surface area contributed by atoms with Crippen molar-refractivity contribution < 1.29 is 4.74 Å². The molecule has 1 aromatic rings. The summed E-state index contributed by atoms with van der Waals surface area (Å²) >= 11 is 3.37. The Morgan fingerprint density at radius 3 is 2.88 bits per heavy atom. The molecule has 0 bridgehead atoms. The third-order valence-electron chi connectivity index (χ3n) is 2.72. The number of aromatic nitrogens is 2. The molecule has 1 N–H and O–H groups in total. The summed E-state index contributed by atoms with van der Waals surface area (Å²) < 4.78 is 6.16. The summed E-state index contributed by atoms with van der Waals surface area (Å²) in [7, 11) is 0. The first-order valence-corrected chi connectivity index (χ1v) is 6.36. The molecule has 0 aliphatic carbocycles. The van der Waals surface area contributed by atoms with Crippen molar-refractivity contribution in [2.75, 3.05) is 25.1 Å². The smallest absolute Gasteiger partial charge is 0.130 e. The van der Waals surface area contributed by atoms with Crippen molar-refractivity contribution in [1.82, 2.24) is 9.97 Å². The number of rotatable bonds is 3. The highest BCUT2D eigenvalue weighted by Crippen LogP contribution is 2.17. The van der Waals surface area contributed by atoms with E-state index in [1.165, 1.54) is 0 Å². The molecule has 1 aliphatic heterocycles. The molecule has 1 aliphatic rings. The van der Waals surface area contributed by atoms with Crippen LogP contribution in [-0.2, 0) is 4.74 Å². The zero-order valence-electron chi connectivity index (χ0n) is 9.37. The van der Waals surface area contributed by atoms with Gasteiger partial charge in [-0.05, 0) is 41.6 Å². The highest BCUT2D eigenvalue weighted by molar-refractivity contribution is 9.10. The second-order valence-electron chi connectivity index (χ2n) is 4.06. The summed E-state index contributed by atoms with van der Waals surface area (Å²) in [6.07, 6.45) is 2.27. The Labute approximate surface area is 104 Å². The Balaban J connectivity index is 1.88. The summed E-state index contributed by atoms with van der Waals surface area (Å²) in [5, 5.41) is 3.36. The molecule has 88 valence electrons. The van der Waals surface area contributed by atoms with Gasteiger partial charge in [0.15, 0.2) is 0 Å². The summed E-state index contributed by atoms with van der Waals surface area (Å²) in [5.74, 6) is 2.37. The van der Waals surface area contributed by atoms with Crippen LogP contribution in [0, 0.1) is 12.8 Å². The van der Waals surface area contributed by atoms with Crippen LogP contribution in [0.4, 0.5) is 5.82 Å². The van der Waals surface area contributed by atoms with Gasteiger partial charge in [-0.3, -0.25) is 0 Å². The van der Waals surface area contributed by atoms with Gasteiger partial charge in [0.25, 0.3) is 0 Å². The van der Waals surface area contributed by atoms with E-state index in [1.807, 2.05) is 13.0 Å². The minimum atomic E-state index is 0.697. The van der Waals surface area contributed by atoms with Crippen molar-refractivity contribution >= 4 is 21.7 Å². The normalized spacial score (nSPS) is 17.4. The van der Waals surface area contributed by atoms with Crippen molar-refractivity contribution in [3.05, 3.63) is 16.5 Å². The van der Waals surface area contributed by atoms with Crippen LogP contribution in [0.15, 0.2) is 10.7 Å². The average molecular weight is 286 g/mol. The molecule has 4 nitrogen and oxygen atoms in total. The van der Waals surface area contributed by atoms with Crippen molar-refractivity contribution in [3.63, 3.8) is 0 Å². The lowest BCUT2D eigenvalue weighted by molar-refractivity contribution is 0.0699. The summed E-state index contributed by atoms with van der Waals surface area (Å²) in [4.78, 5) is 8.51. The lowest BCUT2D eigenvalue weighted by Gasteiger charge is -2.22. The number of aryl methyl sites for hydroxylation is 1. The van der Waals surface area contributed by atoms with E-state index in [1.54, 1.807) is 0 Å². The molecular weight excluding hydrogens is 270 g/mol. The molecule has 1 fully saturated rings. The lowest BCUT2D eigenvalue weighted by atomic mass is 10.0. The Morgan fingerprint density at radius 1 is 1.44 bits per heavy atom. The molecular formula is C11H16BrN3O. The molecule has 1 saturated heterocycles. The SMILES string of the molecule is Cc1nc(Br)cc(NCC2CCOCC2)n1. The second-order valence-corrected chi connectivity index (χ2v) is 4.87. The van der Waals surface area contributed by atoms with Crippen LogP contribution < -0.4 is 5.32 Å². The monoisotopic (exact) mass is 285 g/mol. The van der Waals surface area contributed by atoms with Crippen molar-refractivity contribution in [3.8, 4) is 0 Å². The van der Waals surface area contributed by atoms with Gasteiger partial charge < -0.3 is 10.1 Å². The van der Waals surface area contributed by atoms with Gasteiger partial charge >= 0.3 is 0 Å². The fraction of sp³-hybridized carbons (Fsp3) is 0.636. The first-order chi connectivity index (χ1) is 7.74. The van der Waals surface area contributed by atoms with Gasteiger partial charge in [-0.2, -0.15) is 0 Å². The van der Waals surface area contributed by atoms with Crippen molar-refractivity contribution in [2.45, 2.75) is 19.8 Å². The van der Waals surface area contributed by atoms with E-state index in [2.05, 4.69) is 31.2 Å². The van der Waals surface area contributed by atoms with Gasteiger partial charge in [0, 0.05) is 25.8 Å². The number of ether oxygens (including phenoxy) is 1. The van der Waals surface area contributed by atoms with Crippen molar-refractivity contribution in [2.24, 2.45) is 5.92 Å². The topological polar surface area (TPSA) is 47.0 Å². The molecule has 0 unspecified atom stereocenters.